The second kappa shape index (κ2) is 3.84. The van der Waals surface area contributed by atoms with Gasteiger partial charge in [0.15, 0.2) is 0 Å². The Hall–Kier alpha value is -1.82. The van der Waals surface area contributed by atoms with Crippen molar-refractivity contribution in [1.82, 2.24) is 0 Å². The first-order chi connectivity index (χ1) is 8.95. The van der Waals surface area contributed by atoms with Crippen LogP contribution in [0.3, 0.4) is 0 Å². The zero-order chi connectivity index (χ0) is 11.9. The summed E-state index contributed by atoms with van der Waals surface area (Å²) < 4.78 is 0. The minimum atomic E-state index is 1.19. The highest BCUT2D eigenvalue weighted by Crippen LogP contribution is 2.24. The van der Waals surface area contributed by atoms with Crippen molar-refractivity contribution in [2.45, 2.75) is 25.7 Å². The van der Waals surface area contributed by atoms with E-state index >= 15 is 0 Å². The maximum absolute atomic E-state index is 2.44. The van der Waals surface area contributed by atoms with Gasteiger partial charge < -0.3 is 0 Å². The molecule has 0 saturated heterocycles. The Morgan fingerprint density at radius 3 is 2.44 bits per heavy atom. The lowest BCUT2D eigenvalue weighted by Gasteiger charge is -2.17. The van der Waals surface area contributed by atoms with E-state index in [1.54, 1.807) is 5.56 Å². The smallest absolute Gasteiger partial charge is 0.0102 e. The monoisotopic (exact) mass is 232 g/mol. The molecule has 18 heavy (non-hydrogen) atoms. The standard InChI is InChI=1S/C18H16/c1-2-8-14-13(7-1)15-9-3-4-11-17(15)18-12-6-5-10-16(14)18/h1-3,7-10,12H,4-6,11H2. The van der Waals surface area contributed by atoms with E-state index in [0.29, 0.717) is 0 Å². The van der Waals surface area contributed by atoms with Gasteiger partial charge in [0.2, 0.25) is 0 Å². The SMILES string of the molecule is C1=Cc2c(c3c(c4ccccc24)=CCCC=3)CC1. The molecule has 2 aromatic carbocycles. The number of allylic oxidation sites excluding steroid dienone is 1. The highest BCUT2D eigenvalue weighted by molar-refractivity contribution is 5.93. The third-order valence-corrected chi connectivity index (χ3v) is 4.16. The fourth-order valence-corrected chi connectivity index (χ4v) is 3.37. The number of rotatable bonds is 0. The van der Waals surface area contributed by atoms with Gasteiger partial charge in [-0.1, -0.05) is 48.6 Å². The Bertz CT molecular complexity index is 776. The van der Waals surface area contributed by atoms with Gasteiger partial charge in [-0.15, -0.1) is 0 Å². The molecular weight excluding hydrogens is 216 g/mol. The Morgan fingerprint density at radius 1 is 0.778 bits per heavy atom. The minimum Gasteiger partial charge on any atom is -0.0836 e. The molecule has 88 valence electrons. The summed E-state index contributed by atoms with van der Waals surface area (Å²) in [4.78, 5) is 0. The van der Waals surface area contributed by atoms with Gasteiger partial charge in [-0.05, 0) is 58.0 Å². The Balaban J connectivity index is 2.33. The van der Waals surface area contributed by atoms with Crippen LogP contribution in [-0.2, 0) is 6.42 Å². The summed E-state index contributed by atoms with van der Waals surface area (Å²) in [6.07, 6.45) is 14.3. The van der Waals surface area contributed by atoms with Gasteiger partial charge in [0.1, 0.15) is 0 Å². The summed E-state index contributed by atoms with van der Waals surface area (Å²) in [5.74, 6) is 0. The van der Waals surface area contributed by atoms with Crippen molar-refractivity contribution < 1.29 is 0 Å². The van der Waals surface area contributed by atoms with E-state index in [0.717, 1.165) is 0 Å². The van der Waals surface area contributed by atoms with Crippen LogP contribution in [0.4, 0.5) is 0 Å². The fourth-order valence-electron chi connectivity index (χ4n) is 3.37. The lowest BCUT2D eigenvalue weighted by molar-refractivity contribution is 0.969. The molecule has 0 aromatic heterocycles. The number of hydrogen-bond acceptors (Lipinski definition) is 0. The van der Waals surface area contributed by atoms with Crippen molar-refractivity contribution in [1.29, 1.82) is 0 Å². The number of benzene rings is 2. The molecule has 2 aromatic rings. The first-order valence-corrected chi connectivity index (χ1v) is 6.86. The second-order valence-corrected chi connectivity index (χ2v) is 5.19. The number of fused-ring (bicyclic) bond motifs is 6. The molecule has 0 N–H and O–H groups in total. The quantitative estimate of drug-likeness (QED) is 0.654. The van der Waals surface area contributed by atoms with E-state index in [4.69, 9.17) is 0 Å². The van der Waals surface area contributed by atoms with Gasteiger partial charge in [0.05, 0.1) is 0 Å². The number of hydrogen-bond donors (Lipinski definition) is 0. The van der Waals surface area contributed by atoms with Crippen LogP contribution >= 0.6 is 0 Å². The molecule has 0 heteroatoms. The van der Waals surface area contributed by atoms with Crippen LogP contribution in [0.5, 0.6) is 0 Å². The molecule has 2 aliphatic carbocycles. The van der Waals surface area contributed by atoms with Crippen LogP contribution in [0.2, 0.25) is 0 Å². The van der Waals surface area contributed by atoms with Gasteiger partial charge in [0, 0.05) is 0 Å². The predicted octanol–water partition coefficient (Wildman–Crippen LogP) is 3.15. The summed E-state index contributed by atoms with van der Waals surface area (Å²) in [7, 11) is 0. The van der Waals surface area contributed by atoms with Crippen molar-refractivity contribution in [3.63, 3.8) is 0 Å². The van der Waals surface area contributed by atoms with Crippen LogP contribution in [0.1, 0.15) is 30.4 Å². The van der Waals surface area contributed by atoms with Gasteiger partial charge in [0.25, 0.3) is 0 Å². The van der Waals surface area contributed by atoms with E-state index < -0.39 is 0 Å². The summed E-state index contributed by atoms with van der Waals surface area (Å²) in [6, 6.07) is 8.85. The summed E-state index contributed by atoms with van der Waals surface area (Å²) in [5, 5.41) is 5.84. The molecule has 0 amide bonds. The summed E-state index contributed by atoms with van der Waals surface area (Å²) >= 11 is 0. The van der Waals surface area contributed by atoms with E-state index in [-0.39, 0.29) is 0 Å². The molecule has 0 unspecified atom stereocenters. The molecule has 0 heterocycles. The zero-order valence-electron chi connectivity index (χ0n) is 10.4. The van der Waals surface area contributed by atoms with Gasteiger partial charge in [-0.25, -0.2) is 0 Å². The highest BCUT2D eigenvalue weighted by atomic mass is 14.2. The van der Waals surface area contributed by atoms with Crippen LogP contribution < -0.4 is 10.4 Å². The van der Waals surface area contributed by atoms with Crippen molar-refractivity contribution in [2.24, 2.45) is 0 Å². The average Bonchev–Trinajstić information content (AvgIpc) is 2.48. The van der Waals surface area contributed by atoms with Gasteiger partial charge >= 0.3 is 0 Å². The molecule has 2 aliphatic rings. The third kappa shape index (κ3) is 1.32. The minimum absolute atomic E-state index is 1.19. The molecule has 0 nitrogen and oxygen atoms in total. The molecular formula is C18H16. The molecule has 0 spiro atoms. The maximum atomic E-state index is 2.44. The molecule has 4 rings (SSSR count). The molecule has 0 fully saturated rings. The lowest BCUT2D eigenvalue weighted by Crippen LogP contribution is -2.33. The Labute approximate surface area is 107 Å². The Kier molecular flexibility index (Phi) is 2.16. The van der Waals surface area contributed by atoms with Crippen molar-refractivity contribution >= 4 is 29.0 Å². The average molecular weight is 232 g/mol. The normalized spacial score (nSPS) is 16.7. The third-order valence-electron chi connectivity index (χ3n) is 4.16. The Morgan fingerprint density at radius 2 is 1.56 bits per heavy atom. The van der Waals surface area contributed by atoms with Crippen molar-refractivity contribution in [3.8, 4) is 0 Å². The van der Waals surface area contributed by atoms with Crippen LogP contribution in [0.15, 0.2) is 30.3 Å². The van der Waals surface area contributed by atoms with E-state index in [2.05, 4.69) is 48.6 Å². The predicted molar refractivity (Wildman–Crippen MR) is 78.7 cm³/mol. The lowest BCUT2D eigenvalue weighted by atomic mass is 9.87. The van der Waals surface area contributed by atoms with Crippen molar-refractivity contribution in [3.05, 3.63) is 51.9 Å². The maximum Gasteiger partial charge on any atom is -0.0102 e. The van der Waals surface area contributed by atoms with Gasteiger partial charge in [-0.3, -0.25) is 0 Å². The topological polar surface area (TPSA) is 0 Å². The molecule has 0 radical (unpaired) electrons. The van der Waals surface area contributed by atoms with E-state index in [1.807, 2.05) is 0 Å². The molecule has 0 atom stereocenters. The first-order valence-electron chi connectivity index (χ1n) is 6.86. The molecule has 0 aliphatic heterocycles. The molecule has 0 saturated carbocycles. The van der Waals surface area contributed by atoms with E-state index in [9.17, 15) is 0 Å². The highest BCUT2D eigenvalue weighted by Gasteiger charge is 2.13. The second-order valence-electron chi connectivity index (χ2n) is 5.19. The summed E-state index contributed by atoms with van der Waals surface area (Å²) in [6.45, 7) is 0. The first kappa shape index (κ1) is 10.1. The van der Waals surface area contributed by atoms with Crippen LogP contribution in [0.25, 0.3) is 29.0 Å². The van der Waals surface area contributed by atoms with E-state index in [1.165, 1.54) is 52.5 Å². The fraction of sp³-hybridized carbons (Fsp3) is 0.222. The summed E-state index contributed by atoms with van der Waals surface area (Å²) in [5.41, 5.74) is 3.03. The van der Waals surface area contributed by atoms with Gasteiger partial charge in [-0.2, -0.15) is 0 Å². The zero-order valence-corrected chi connectivity index (χ0v) is 10.4. The largest absolute Gasteiger partial charge is 0.0836 e. The van der Waals surface area contributed by atoms with Crippen molar-refractivity contribution in [2.75, 3.05) is 0 Å². The van der Waals surface area contributed by atoms with Crippen LogP contribution in [-0.4, -0.2) is 0 Å². The molecule has 0 bridgehead atoms. The van der Waals surface area contributed by atoms with Crippen LogP contribution in [0, 0.1) is 0 Å².